The van der Waals surface area contributed by atoms with Crippen LogP contribution in [0.15, 0.2) is 12.4 Å². The van der Waals surface area contributed by atoms with Gasteiger partial charge in [-0.15, -0.1) is 0 Å². The molecule has 1 aromatic rings. The molecule has 0 aliphatic heterocycles. The minimum absolute atomic E-state index is 0.350. The van der Waals surface area contributed by atoms with Crippen molar-refractivity contribution in [1.82, 2.24) is 15.3 Å². The fraction of sp³-hybridized carbons (Fsp3) is 0.600. The van der Waals surface area contributed by atoms with E-state index >= 15 is 0 Å². The molecule has 1 unspecified atom stereocenters. The van der Waals surface area contributed by atoms with E-state index < -0.39 is 15.1 Å². The fourth-order valence-electron chi connectivity index (χ4n) is 1.13. The highest BCUT2D eigenvalue weighted by Crippen LogP contribution is 2.16. The van der Waals surface area contributed by atoms with Crippen molar-refractivity contribution in [1.29, 1.82) is 0 Å². The molecule has 0 bridgehead atoms. The van der Waals surface area contributed by atoms with E-state index in [4.69, 9.17) is 0 Å². The minimum Gasteiger partial charge on any atom is -0.313 e. The first-order chi connectivity index (χ1) is 7.45. The first-order valence-corrected chi connectivity index (χ1v) is 7.11. The average molecular weight is 243 g/mol. The number of hydrogen-bond donors (Lipinski definition) is 1. The van der Waals surface area contributed by atoms with Gasteiger partial charge in [0.25, 0.3) is 0 Å². The molecule has 0 aromatic carbocycles. The Kier molecular flexibility index (Phi) is 4.37. The molecule has 6 heteroatoms. The van der Waals surface area contributed by atoms with Gasteiger partial charge in [-0.25, -0.2) is 18.4 Å². The topological polar surface area (TPSA) is 72.0 Å². The van der Waals surface area contributed by atoms with Crippen LogP contribution in [0.3, 0.4) is 0 Å². The normalized spacial score (nSPS) is 13.7. The van der Waals surface area contributed by atoms with Gasteiger partial charge in [0.05, 0.1) is 0 Å². The van der Waals surface area contributed by atoms with Crippen LogP contribution in [0.5, 0.6) is 0 Å². The van der Waals surface area contributed by atoms with Gasteiger partial charge in [-0.05, 0) is 13.5 Å². The predicted molar refractivity (Wildman–Crippen MR) is 62.7 cm³/mol. The van der Waals surface area contributed by atoms with Crippen molar-refractivity contribution in [3.05, 3.63) is 23.8 Å². The van der Waals surface area contributed by atoms with E-state index in [1.807, 2.05) is 6.92 Å². The summed E-state index contributed by atoms with van der Waals surface area (Å²) in [6.07, 6.45) is 4.51. The lowest BCUT2D eigenvalue weighted by atomic mass is 10.3. The average Bonchev–Trinajstić information content (AvgIpc) is 2.25. The lowest BCUT2D eigenvalue weighted by Crippen LogP contribution is -2.14. The first kappa shape index (κ1) is 13.1. The number of sulfone groups is 1. The Morgan fingerprint density at radius 2 is 1.94 bits per heavy atom. The maximum Gasteiger partial charge on any atom is 0.157 e. The highest BCUT2D eigenvalue weighted by atomic mass is 32.2. The second-order valence-electron chi connectivity index (χ2n) is 3.70. The zero-order valence-corrected chi connectivity index (χ0v) is 10.6. The van der Waals surface area contributed by atoms with E-state index in [1.54, 1.807) is 19.3 Å². The molecule has 16 heavy (non-hydrogen) atoms. The molecule has 1 atom stereocenters. The van der Waals surface area contributed by atoms with E-state index in [9.17, 15) is 8.42 Å². The zero-order valence-electron chi connectivity index (χ0n) is 9.77. The molecular weight excluding hydrogens is 226 g/mol. The molecule has 0 fully saturated rings. The van der Waals surface area contributed by atoms with Crippen molar-refractivity contribution in [3.63, 3.8) is 0 Å². The second kappa shape index (κ2) is 5.36. The SMILES string of the molecule is CCNCc1cnc(C(C)S(C)(=O)=O)nc1. The van der Waals surface area contributed by atoms with Crippen molar-refractivity contribution < 1.29 is 8.42 Å². The summed E-state index contributed by atoms with van der Waals surface area (Å²) in [7, 11) is -3.13. The smallest absolute Gasteiger partial charge is 0.157 e. The van der Waals surface area contributed by atoms with Crippen LogP contribution in [0.1, 0.15) is 30.5 Å². The Morgan fingerprint density at radius 3 is 2.38 bits per heavy atom. The summed E-state index contributed by atoms with van der Waals surface area (Å²) < 4.78 is 22.6. The molecule has 0 saturated heterocycles. The van der Waals surface area contributed by atoms with Gasteiger partial charge in [0.2, 0.25) is 0 Å². The Bertz CT molecular complexity index is 428. The van der Waals surface area contributed by atoms with Gasteiger partial charge in [0.15, 0.2) is 9.84 Å². The maximum absolute atomic E-state index is 11.3. The Morgan fingerprint density at radius 1 is 1.38 bits per heavy atom. The van der Waals surface area contributed by atoms with E-state index in [1.165, 1.54) is 6.26 Å². The lowest BCUT2D eigenvalue weighted by molar-refractivity contribution is 0.589. The molecule has 0 saturated carbocycles. The summed E-state index contributed by atoms with van der Waals surface area (Å²) in [6.45, 7) is 5.18. The van der Waals surface area contributed by atoms with E-state index in [2.05, 4.69) is 15.3 Å². The first-order valence-electron chi connectivity index (χ1n) is 5.15. The third-order valence-electron chi connectivity index (χ3n) is 2.31. The number of nitrogens with zero attached hydrogens (tertiary/aromatic N) is 2. The summed E-state index contributed by atoms with van der Waals surface area (Å²) in [5, 5.41) is 2.49. The van der Waals surface area contributed by atoms with Crippen LogP contribution in [0, 0.1) is 0 Å². The molecule has 0 amide bonds. The van der Waals surface area contributed by atoms with Crippen LogP contribution < -0.4 is 5.32 Å². The highest BCUT2D eigenvalue weighted by molar-refractivity contribution is 7.90. The number of rotatable bonds is 5. The quantitative estimate of drug-likeness (QED) is 0.824. The van der Waals surface area contributed by atoms with Gasteiger partial charge in [0, 0.05) is 30.8 Å². The van der Waals surface area contributed by atoms with Crippen LogP contribution >= 0.6 is 0 Å². The number of nitrogens with one attached hydrogen (secondary N) is 1. The molecule has 0 spiro atoms. The van der Waals surface area contributed by atoms with Crippen molar-refractivity contribution in [2.45, 2.75) is 25.6 Å². The molecule has 1 heterocycles. The van der Waals surface area contributed by atoms with E-state index in [0.29, 0.717) is 12.4 Å². The zero-order chi connectivity index (χ0) is 12.2. The maximum atomic E-state index is 11.3. The Balaban J connectivity index is 2.79. The molecule has 0 aliphatic rings. The largest absolute Gasteiger partial charge is 0.313 e. The molecule has 0 radical (unpaired) electrons. The third-order valence-corrected chi connectivity index (χ3v) is 3.81. The van der Waals surface area contributed by atoms with Gasteiger partial charge < -0.3 is 5.32 Å². The van der Waals surface area contributed by atoms with Crippen molar-refractivity contribution >= 4 is 9.84 Å². The third kappa shape index (κ3) is 3.53. The van der Waals surface area contributed by atoms with Crippen LogP contribution in [0.2, 0.25) is 0 Å². The Hall–Kier alpha value is -1.01. The summed E-state index contributed by atoms with van der Waals surface area (Å²) in [6, 6.07) is 0. The van der Waals surface area contributed by atoms with E-state index in [0.717, 1.165) is 12.1 Å². The highest BCUT2D eigenvalue weighted by Gasteiger charge is 2.19. The summed E-state index contributed by atoms with van der Waals surface area (Å²) in [5.74, 6) is 0.350. The van der Waals surface area contributed by atoms with Gasteiger partial charge in [-0.2, -0.15) is 0 Å². The van der Waals surface area contributed by atoms with Gasteiger partial charge in [-0.1, -0.05) is 6.92 Å². The fourth-order valence-corrected chi connectivity index (χ4v) is 1.63. The number of aromatic nitrogens is 2. The second-order valence-corrected chi connectivity index (χ2v) is 6.07. The standard InChI is InChI=1S/C10H17N3O2S/c1-4-11-5-9-6-12-10(13-7-9)8(2)16(3,14)15/h6-8,11H,4-5H2,1-3H3. The van der Waals surface area contributed by atoms with Crippen LogP contribution in [0.25, 0.3) is 0 Å². The van der Waals surface area contributed by atoms with Crippen LogP contribution in [-0.4, -0.2) is 31.2 Å². The molecular formula is C10H17N3O2S. The minimum atomic E-state index is -3.13. The van der Waals surface area contributed by atoms with Crippen molar-refractivity contribution in [2.75, 3.05) is 12.8 Å². The molecule has 5 nitrogen and oxygen atoms in total. The molecule has 90 valence electrons. The van der Waals surface area contributed by atoms with Crippen molar-refractivity contribution in [2.24, 2.45) is 0 Å². The van der Waals surface area contributed by atoms with E-state index in [-0.39, 0.29) is 0 Å². The molecule has 1 rings (SSSR count). The predicted octanol–water partition coefficient (Wildman–Crippen LogP) is 0.692. The molecule has 1 aromatic heterocycles. The van der Waals surface area contributed by atoms with Gasteiger partial charge in [-0.3, -0.25) is 0 Å². The monoisotopic (exact) mass is 243 g/mol. The molecule has 1 N–H and O–H groups in total. The van der Waals surface area contributed by atoms with Gasteiger partial charge >= 0.3 is 0 Å². The summed E-state index contributed by atoms with van der Waals surface area (Å²) in [4.78, 5) is 8.14. The summed E-state index contributed by atoms with van der Waals surface area (Å²) in [5.41, 5.74) is 0.950. The van der Waals surface area contributed by atoms with Crippen LogP contribution in [0.4, 0.5) is 0 Å². The van der Waals surface area contributed by atoms with Crippen molar-refractivity contribution in [3.8, 4) is 0 Å². The molecule has 0 aliphatic carbocycles. The summed E-state index contributed by atoms with van der Waals surface area (Å²) >= 11 is 0. The van der Waals surface area contributed by atoms with Crippen LogP contribution in [-0.2, 0) is 16.4 Å². The lowest BCUT2D eigenvalue weighted by Gasteiger charge is -2.08. The Labute approximate surface area is 96.2 Å². The van der Waals surface area contributed by atoms with Gasteiger partial charge in [0.1, 0.15) is 11.1 Å². The number of hydrogen-bond acceptors (Lipinski definition) is 5.